The van der Waals surface area contributed by atoms with E-state index in [9.17, 15) is 0 Å². The van der Waals surface area contributed by atoms with E-state index in [1.807, 2.05) is 29.9 Å². The fourth-order valence-corrected chi connectivity index (χ4v) is 2.90. The van der Waals surface area contributed by atoms with Gasteiger partial charge in [0.25, 0.3) is 0 Å². The van der Waals surface area contributed by atoms with Crippen LogP contribution in [0.3, 0.4) is 0 Å². The largest absolute Gasteiger partial charge is 0.487 e. The summed E-state index contributed by atoms with van der Waals surface area (Å²) in [6, 6.07) is 8.14. The zero-order chi connectivity index (χ0) is 15.2. The first kappa shape index (κ1) is 16.0. The van der Waals surface area contributed by atoms with Crippen molar-refractivity contribution in [3.8, 4) is 5.75 Å². The minimum absolute atomic E-state index is 0.507. The van der Waals surface area contributed by atoms with Gasteiger partial charge in [0, 0.05) is 19.2 Å². The second-order valence-corrected chi connectivity index (χ2v) is 5.65. The first-order valence-corrected chi connectivity index (χ1v) is 8.08. The van der Waals surface area contributed by atoms with E-state index in [1.54, 1.807) is 0 Å². The molecule has 4 nitrogen and oxygen atoms in total. The summed E-state index contributed by atoms with van der Waals surface area (Å²) in [4.78, 5) is 0. The van der Waals surface area contributed by atoms with Crippen molar-refractivity contribution in [2.24, 2.45) is 7.05 Å². The highest BCUT2D eigenvalue weighted by Gasteiger charge is 2.13. The standard InChI is InChI=1S/C16H22BrN3O/c1-4-13-16(17)14(20(3)19-13)11-21-15-9-7-6-8-12(15)10-18-5-2/h6-9,18H,4-5,10-11H2,1-3H3. The summed E-state index contributed by atoms with van der Waals surface area (Å²) in [5, 5.41) is 7.82. The van der Waals surface area contributed by atoms with E-state index in [-0.39, 0.29) is 0 Å². The fraction of sp³-hybridized carbons (Fsp3) is 0.438. The Morgan fingerprint density at radius 3 is 2.71 bits per heavy atom. The topological polar surface area (TPSA) is 39.1 Å². The third-order valence-corrected chi connectivity index (χ3v) is 4.32. The van der Waals surface area contributed by atoms with Crippen LogP contribution in [0.25, 0.3) is 0 Å². The van der Waals surface area contributed by atoms with E-state index in [0.717, 1.165) is 41.1 Å². The van der Waals surface area contributed by atoms with Gasteiger partial charge in [-0.2, -0.15) is 5.10 Å². The van der Waals surface area contributed by atoms with Crippen molar-refractivity contribution in [1.29, 1.82) is 0 Å². The first-order chi connectivity index (χ1) is 10.2. The third kappa shape index (κ3) is 3.86. The van der Waals surface area contributed by atoms with E-state index < -0.39 is 0 Å². The molecule has 0 spiro atoms. The van der Waals surface area contributed by atoms with Crippen LogP contribution < -0.4 is 10.1 Å². The van der Waals surface area contributed by atoms with E-state index in [4.69, 9.17) is 4.74 Å². The van der Waals surface area contributed by atoms with Gasteiger partial charge in [0.15, 0.2) is 0 Å². The van der Waals surface area contributed by atoms with Crippen LogP contribution in [-0.2, 0) is 26.6 Å². The van der Waals surface area contributed by atoms with Crippen molar-refractivity contribution < 1.29 is 4.74 Å². The predicted molar refractivity (Wildman–Crippen MR) is 88.4 cm³/mol. The number of aryl methyl sites for hydroxylation is 2. The van der Waals surface area contributed by atoms with Gasteiger partial charge in [0.05, 0.1) is 15.9 Å². The first-order valence-electron chi connectivity index (χ1n) is 7.29. The lowest BCUT2D eigenvalue weighted by molar-refractivity contribution is 0.290. The van der Waals surface area contributed by atoms with Crippen molar-refractivity contribution in [1.82, 2.24) is 15.1 Å². The predicted octanol–water partition coefficient (Wildman–Crippen LogP) is 3.43. The quantitative estimate of drug-likeness (QED) is 0.830. The van der Waals surface area contributed by atoms with Crippen LogP contribution in [0.2, 0.25) is 0 Å². The molecule has 0 saturated carbocycles. The second-order valence-electron chi connectivity index (χ2n) is 4.86. The van der Waals surface area contributed by atoms with Crippen molar-refractivity contribution >= 4 is 15.9 Å². The summed E-state index contributed by atoms with van der Waals surface area (Å²) in [7, 11) is 1.95. The molecule has 1 aromatic carbocycles. The monoisotopic (exact) mass is 351 g/mol. The van der Waals surface area contributed by atoms with Gasteiger partial charge in [0.2, 0.25) is 0 Å². The van der Waals surface area contributed by atoms with E-state index >= 15 is 0 Å². The highest BCUT2D eigenvalue weighted by Crippen LogP contribution is 2.24. The third-order valence-electron chi connectivity index (χ3n) is 3.41. The minimum atomic E-state index is 0.507. The van der Waals surface area contributed by atoms with Crippen molar-refractivity contribution in [3.63, 3.8) is 0 Å². The average molecular weight is 352 g/mol. The van der Waals surface area contributed by atoms with Gasteiger partial charge < -0.3 is 10.1 Å². The second kappa shape index (κ2) is 7.61. The number of hydrogen-bond donors (Lipinski definition) is 1. The summed E-state index contributed by atoms with van der Waals surface area (Å²) >= 11 is 3.62. The SMILES string of the molecule is CCNCc1ccccc1OCc1c(Br)c(CC)nn1C. The lowest BCUT2D eigenvalue weighted by Gasteiger charge is -2.12. The van der Waals surface area contributed by atoms with Crippen LogP contribution in [0.4, 0.5) is 0 Å². The van der Waals surface area contributed by atoms with Gasteiger partial charge in [-0.05, 0) is 35.0 Å². The normalized spacial score (nSPS) is 10.9. The molecule has 0 unspecified atom stereocenters. The van der Waals surface area contributed by atoms with Crippen molar-refractivity contribution in [3.05, 3.63) is 45.7 Å². The Labute approximate surface area is 134 Å². The maximum Gasteiger partial charge on any atom is 0.131 e. The molecule has 1 heterocycles. The fourth-order valence-electron chi connectivity index (χ4n) is 2.17. The van der Waals surface area contributed by atoms with Crippen molar-refractivity contribution in [2.75, 3.05) is 6.54 Å². The number of nitrogens with one attached hydrogen (secondary N) is 1. The number of para-hydroxylation sites is 1. The Bertz CT molecular complexity index is 595. The van der Waals surface area contributed by atoms with Gasteiger partial charge in [-0.3, -0.25) is 4.68 Å². The van der Waals surface area contributed by atoms with Crippen molar-refractivity contribution in [2.45, 2.75) is 33.4 Å². The summed E-state index contributed by atoms with van der Waals surface area (Å²) in [5.74, 6) is 0.921. The van der Waals surface area contributed by atoms with Crippen LogP contribution >= 0.6 is 15.9 Å². The molecule has 114 valence electrons. The van der Waals surface area contributed by atoms with Gasteiger partial charge in [-0.1, -0.05) is 32.0 Å². The Morgan fingerprint density at radius 2 is 2.05 bits per heavy atom. The zero-order valence-electron chi connectivity index (χ0n) is 12.8. The van der Waals surface area contributed by atoms with Crippen LogP contribution in [-0.4, -0.2) is 16.3 Å². The average Bonchev–Trinajstić information content (AvgIpc) is 2.78. The number of halogens is 1. The molecule has 0 atom stereocenters. The number of nitrogens with zero attached hydrogens (tertiary/aromatic N) is 2. The molecule has 5 heteroatoms. The number of ether oxygens (including phenoxy) is 1. The highest BCUT2D eigenvalue weighted by molar-refractivity contribution is 9.10. The Hall–Kier alpha value is -1.33. The Balaban J connectivity index is 2.11. The summed E-state index contributed by atoms with van der Waals surface area (Å²) in [6.45, 7) is 6.47. The van der Waals surface area contributed by atoms with Gasteiger partial charge in [-0.25, -0.2) is 0 Å². The summed E-state index contributed by atoms with van der Waals surface area (Å²) < 4.78 is 8.95. The summed E-state index contributed by atoms with van der Waals surface area (Å²) in [5.41, 5.74) is 3.30. The Morgan fingerprint density at radius 1 is 1.29 bits per heavy atom. The smallest absolute Gasteiger partial charge is 0.131 e. The molecule has 2 aromatic rings. The Kier molecular flexibility index (Phi) is 5.82. The van der Waals surface area contributed by atoms with Crippen LogP contribution in [0.15, 0.2) is 28.7 Å². The molecule has 1 N–H and O–H groups in total. The van der Waals surface area contributed by atoms with E-state index in [1.165, 1.54) is 5.56 Å². The van der Waals surface area contributed by atoms with Gasteiger partial charge in [-0.15, -0.1) is 0 Å². The molecule has 0 aliphatic heterocycles. The molecule has 0 saturated heterocycles. The molecular weight excluding hydrogens is 330 g/mol. The maximum absolute atomic E-state index is 6.01. The number of hydrogen-bond acceptors (Lipinski definition) is 3. The molecule has 0 radical (unpaired) electrons. The molecule has 0 amide bonds. The molecule has 1 aromatic heterocycles. The maximum atomic E-state index is 6.01. The molecule has 0 aliphatic carbocycles. The molecule has 21 heavy (non-hydrogen) atoms. The lowest BCUT2D eigenvalue weighted by atomic mass is 10.2. The van der Waals surface area contributed by atoms with Gasteiger partial charge in [0.1, 0.15) is 12.4 Å². The summed E-state index contributed by atoms with van der Waals surface area (Å²) in [6.07, 6.45) is 0.908. The van der Waals surface area contributed by atoms with E-state index in [0.29, 0.717) is 6.61 Å². The minimum Gasteiger partial charge on any atom is -0.487 e. The highest BCUT2D eigenvalue weighted by atomic mass is 79.9. The van der Waals surface area contributed by atoms with E-state index in [2.05, 4.69) is 46.3 Å². The van der Waals surface area contributed by atoms with Crippen LogP contribution in [0, 0.1) is 0 Å². The van der Waals surface area contributed by atoms with Crippen LogP contribution in [0.5, 0.6) is 5.75 Å². The lowest BCUT2D eigenvalue weighted by Crippen LogP contribution is -2.13. The molecule has 2 rings (SSSR count). The van der Waals surface area contributed by atoms with Crippen LogP contribution in [0.1, 0.15) is 30.8 Å². The molecule has 0 bridgehead atoms. The molecular formula is C16H22BrN3O. The number of rotatable bonds is 7. The van der Waals surface area contributed by atoms with Gasteiger partial charge >= 0.3 is 0 Å². The zero-order valence-corrected chi connectivity index (χ0v) is 14.4. The molecule has 0 aliphatic rings. The number of benzene rings is 1. The molecule has 0 fully saturated rings. The number of aromatic nitrogens is 2.